The van der Waals surface area contributed by atoms with E-state index < -0.39 is 12.1 Å². The minimum Gasteiger partial charge on any atom is -0.394 e. The second-order valence-corrected chi connectivity index (χ2v) is 4.03. The summed E-state index contributed by atoms with van der Waals surface area (Å²) in [6, 6.07) is 0. The van der Waals surface area contributed by atoms with Gasteiger partial charge >= 0.3 is 0 Å². The van der Waals surface area contributed by atoms with Gasteiger partial charge in [0.2, 0.25) is 0 Å². The fraction of sp³-hybridized carbons (Fsp3) is 1.00. The Morgan fingerprint density at radius 3 is 2.50 bits per heavy atom. The number of hydrogen-bond acceptors (Lipinski definition) is 5. The summed E-state index contributed by atoms with van der Waals surface area (Å²) in [5, 5.41) is 9.08. The zero-order chi connectivity index (χ0) is 10.3. The lowest BCUT2D eigenvalue weighted by Crippen LogP contribution is -2.31. The van der Waals surface area contributed by atoms with E-state index in [4.69, 9.17) is 24.1 Å². The maximum Gasteiger partial charge on any atom is 0.186 e. The number of methoxy groups -OCH3 is 1. The smallest absolute Gasteiger partial charge is 0.186 e. The molecule has 0 unspecified atom stereocenters. The number of hydrogen-bond donors (Lipinski definition) is 1. The second-order valence-electron chi connectivity index (χ2n) is 4.03. The van der Waals surface area contributed by atoms with Gasteiger partial charge in [0.25, 0.3) is 0 Å². The van der Waals surface area contributed by atoms with E-state index in [2.05, 4.69) is 0 Å². The highest BCUT2D eigenvalue weighted by Gasteiger charge is 2.55. The lowest BCUT2D eigenvalue weighted by Gasteiger charge is -2.22. The van der Waals surface area contributed by atoms with Crippen molar-refractivity contribution in [2.75, 3.05) is 13.7 Å². The molecule has 0 aliphatic carbocycles. The van der Waals surface area contributed by atoms with Crippen LogP contribution < -0.4 is 0 Å². The molecule has 0 amide bonds. The summed E-state index contributed by atoms with van der Waals surface area (Å²) in [5.41, 5.74) is 0. The van der Waals surface area contributed by atoms with Crippen LogP contribution in [0.3, 0.4) is 0 Å². The third kappa shape index (κ3) is 1.55. The third-order valence-electron chi connectivity index (χ3n) is 2.52. The van der Waals surface area contributed by atoms with E-state index in [-0.39, 0.29) is 24.9 Å². The van der Waals surface area contributed by atoms with Gasteiger partial charge in [0.05, 0.1) is 6.61 Å². The molecule has 2 heterocycles. The van der Waals surface area contributed by atoms with Crippen molar-refractivity contribution in [2.45, 2.75) is 44.2 Å². The molecule has 0 radical (unpaired) electrons. The molecular weight excluding hydrogens is 188 g/mol. The maximum absolute atomic E-state index is 9.08. The number of ether oxygens (including phenoxy) is 4. The number of aliphatic hydroxyl groups is 1. The second kappa shape index (κ2) is 3.43. The van der Waals surface area contributed by atoms with Gasteiger partial charge in [-0.2, -0.15) is 0 Å². The average Bonchev–Trinajstić information content (AvgIpc) is 2.57. The molecule has 0 bridgehead atoms. The highest BCUT2D eigenvalue weighted by molar-refractivity contribution is 4.94. The highest BCUT2D eigenvalue weighted by atomic mass is 16.8. The molecule has 5 nitrogen and oxygen atoms in total. The largest absolute Gasteiger partial charge is 0.394 e. The quantitative estimate of drug-likeness (QED) is 0.679. The van der Waals surface area contributed by atoms with Crippen LogP contribution in [-0.2, 0) is 18.9 Å². The highest BCUT2D eigenvalue weighted by Crippen LogP contribution is 2.38. The molecule has 2 aliphatic rings. The molecule has 0 aromatic heterocycles. The molecule has 4 atom stereocenters. The molecule has 2 rings (SSSR count). The molecule has 0 spiro atoms. The molecular formula is C9H16O5. The van der Waals surface area contributed by atoms with E-state index >= 15 is 0 Å². The van der Waals surface area contributed by atoms with Crippen molar-refractivity contribution in [3.63, 3.8) is 0 Å². The minimum absolute atomic E-state index is 0.0829. The number of rotatable bonds is 2. The van der Waals surface area contributed by atoms with Crippen molar-refractivity contribution in [3.8, 4) is 0 Å². The Bertz CT molecular complexity index is 197. The Kier molecular flexibility index (Phi) is 2.53. The summed E-state index contributed by atoms with van der Waals surface area (Å²) < 4.78 is 21.8. The van der Waals surface area contributed by atoms with Crippen LogP contribution in [0, 0.1) is 0 Å². The van der Waals surface area contributed by atoms with Crippen molar-refractivity contribution >= 4 is 0 Å². The van der Waals surface area contributed by atoms with Crippen LogP contribution in [-0.4, -0.2) is 49.2 Å². The fourth-order valence-corrected chi connectivity index (χ4v) is 1.98. The van der Waals surface area contributed by atoms with E-state index in [9.17, 15) is 0 Å². The van der Waals surface area contributed by atoms with Gasteiger partial charge < -0.3 is 24.1 Å². The molecule has 2 saturated heterocycles. The molecule has 14 heavy (non-hydrogen) atoms. The Labute approximate surface area is 82.9 Å². The fourth-order valence-electron chi connectivity index (χ4n) is 1.98. The summed E-state index contributed by atoms with van der Waals surface area (Å²) in [4.78, 5) is 0. The lowest BCUT2D eigenvalue weighted by molar-refractivity contribution is -0.230. The lowest BCUT2D eigenvalue weighted by atomic mass is 10.1. The predicted octanol–water partition coefficient (Wildman–Crippen LogP) is -0.130. The molecule has 82 valence electrons. The van der Waals surface area contributed by atoms with Gasteiger partial charge in [-0.1, -0.05) is 0 Å². The van der Waals surface area contributed by atoms with Gasteiger partial charge in [0.1, 0.15) is 18.3 Å². The van der Waals surface area contributed by atoms with Crippen molar-refractivity contribution in [2.24, 2.45) is 0 Å². The molecule has 2 aliphatic heterocycles. The summed E-state index contributed by atoms with van der Waals surface area (Å²) in [6.07, 6.45) is -1.28. The average molecular weight is 204 g/mol. The first-order valence-electron chi connectivity index (χ1n) is 4.72. The zero-order valence-corrected chi connectivity index (χ0v) is 8.60. The van der Waals surface area contributed by atoms with Crippen molar-refractivity contribution in [3.05, 3.63) is 0 Å². The van der Waals surface area contributed by atoms with Gasteiger partial charge in [-0.3, -0.25) is 0 Å². The standard InChI is InChI=1S/C9H16O5/c1-9(2)13-6-5(4-10)12-8(11-3)7(6)14-9/h5-8,10H,4H2,1-3H3/t5-,6+,7+,8-/m1/s1. The van der Waals surface area contributed by atoms with Crippen molar-refractivity contribution < 1.29 is 24.1 Å². The minimum atomic E-state index is -0.622. The zero-order valence-electron chi connectivity index (χ0n) is 8.60. The summed E-state index contributed by atoms with van der Waals surface area (Å²) in [7, 11) is 1.55. The van der Waals surface area contributed by atoms with Crippen LogP contribution in [0.15, 0.2) is 0 Å². The van der Waals surface area contributed by atoms with Gasteiger partial charge in [-0.05, 0) is 13.8 Å². The van der Waals surface area contributed by atoms with Crippen molar-refractivity contribution in [1.29, 1.82) is 0 Å². The molecule has 0 aromatic carbocycles. The van der Waals surface area contributed by atoms with Crippen LogP contribution in [0.2, 0.25) is 0 Å². The van der Waals surface area contributed by atoms with Crippen LogP contribution >= 0.6 is 0 Å². The SMILES string of the molecule is CO[C@@H]1O[C@H](CO)[C@@H]2OC(C)(C)O[C@H]12. The molecule has 5 heteroatoms. The normalized spacial score (nSPS) is 45.4. The monoisotopic (exact) mass is 204 g/mol. The first-order chi connectivity index (χ1) is 6.57. The summed E-state index contributed by atoms with van der Waals surface area (Å²) in [5.74, 6) is -0.622. The van der Waals surface area contributed by atoms with Crippen LogP contribution in [0.1, 0.15) is 13.8 Å². The topological polar surface area (TPSA) is 57.2 Å². The van der Waals surface area contributed by atoms with Crippen molar-refractivity contribution in [1.82, 2.24) is 0 Å². The van der Waals surface area contributed by atoms with Gasteiger partial charge in [-0.25, -0.2) is 0 Å². The maximum atomic E-state index is 9.08. The first-order valence-corrected chi connectivity index (χ1v) is 4.72. The van der Waals surface area contributed by atoms with E-state index in [1.54, 1.807) is 7.11 Å². The summed E-state index contributed by atoms with van der Waals surface area (Å²) in [6.45, 7) is 3.60. The van der Waals surface area contributed by atoms with Gasteiger partial charge in [0, 0.05) is 7.11 Å². The Hall–Kier alpha value is -0.200. The predicted molar refractivity (Wildman–Crippen MR) is 46.6 cm³/mol. The Morgan fingerprint density at radius 1 is 1.29 bits per heavy atom. The van der Waals surface area contributed by atoms with E-state index in [0.717, 1.165) is 0 Å². The molecule has 1 N–H and O–H groups in total. The number of aliphatic hydroxyl groups excluding tert-OH is 1. The number of fused-ring (bicyclic) bond motifs is 1. The van der Waals surface area contributed by atoms with Crippen LogP contribution in [0.5, 0.6) is 0 Å². The summed E-state index contributed by atoms with van der Waals surface area (Å²) >= 11 is 0. The van der Waals surface area contributed by atoms with Crippen LogP contribution in [0.4, 0.5) is 0 Å². The van der Waals surface area contributed by atoms with E-state index in [1.807, 2.05) is 13.8 Å². The molecule has 0 saturated carbocycles. The Morgan fingerprint density at radius 2 is 1.93 bits per heavy atom. The van der Waals surface area contributed by atoms with E-state index in [0.29, 0.717) is 0 Å². The third-order valence-corrected chi connectivity index (χ3v) is 2.52. The van der Waals surface area contributed by atoms with Gasteiger partial charge in [-0.15, -0.1) is 0 Å². The van der Waals surface area contributed by atoms with E-state index in [1.165, 1.54) is 0 Å². The molecule has 0 aromatic rings. The van der Waals surface area contributed by atoms with Crippen LogP contribution in [0.25, 0.3) is 0 Å². The Balaban J connectivity index is 2.12. The first kappa shape index (κ1) is 10.3. The van der Waals surface area contributed by atoms with Gasteiger partial charge in [0.15, 0.2) is 12.1 Å². The molecule has 2 fully saturated rings.